The number of H-pyrrole nitrogens is 1. The molecule has 1 aromatic heterocycles. The molecule has 0 radical (unpaired) electrons. The molecule has 0 saturated carbocycles. The Morgan fingerprint density at radius 2 is 2.21 bits per heavy atom. The number of benzene rings is 1. The number of aromatic nitrogens is 1. The molecule has 0 spiro atoms. The lowest BCUT2D eigenvalue weighted by atomic mass is 10.1. The summed E-state index contributed by atoms with van der Waals surface area (Å²) in [6, 6.07) is 6.38. The molecule has 0 aliphatic carbocycles. The number of halogens is 1. The van der Waals surface area contributed by atoms with E-state index in [1.807, 2.05) is 6.20 Å². The molecule has 0 unspecified atom stereocenters. The third-order valence-corrected chi connectivity index (χ3v) is 4.62. The van der Waals surface area contributed by atoms with Crippen LogP contribution in [0, 0.1) is 0 Å². The Morgan fingerprint density at radius 3 is 2.92 bits per heavy atom. The summed E-state index contributed by atoms with van der Waals surface area (Å²) in [7, 11) is 0. The monoisotopic (exact) mass is 351 g/mol. The Morgan fingerprint density at radius 1 is 1.38 bits per heavy atom. The third-order valence-electron chi connectivity index (χ3n) is 4.62. The lowest BCUT2D eigenvalue weighted by molar-refractivity contribution is -0.131. The van der Waals surface area contributed by atoms with Gasteiger partial charge < -0.3 is 20.8 Å². The number of para-hydroxylation sites is 1. The first kappa shape index (κ1) is 18.8. The SMILES string of the molecule is CCc1cccc2c(CCNC(=O)[C@@H]3CC[C@H](CN)O3)c[nH]c12.Cl. The van der Waals surface area contributed by atoms with Crippen molar-refractivity contribution in [3.63, 3.8) is 0 Å². The second kappa shape index (κ2) is 8.51. The van der Waals surface area contributed by atoms with Gasteiger partial charge in [-0.15, -0.1) is 12.4 Å². The van der Waals surface area contributed by atoms with Gasteiger partial charge in [-0.2, -0.15) is 0 Å². The third kappa shape index (κ3) is 3.91. The van der Waals surface area contributed by atoms with Gasteiger partial charge in [0.2, 0.25) is 5.91 Å². The van der Waals surface area contributed by atoms with E-state index in [0.29, 0.717) is 13.1 Å². The molecular weight excluding hydrogens is 326 g/mol. The van der Waals surface area contributed by atoms with E-state index in [9.17, 15) is 4.79 Å². The standard InChI is InChI=1S/C18H25N3O2.ClH/c1-2-12-4-3-5-15-13(11-21-17(12)15)8-9-20-18(22)16-7-6-14(10-19)23-16;/h3-5,11,14,16,21H,2,6-10,19H2,1H3,(H,20,22);1H/t14-,16+;/m1./s1. The Labute approximate surface area is 148 Å². The predicted molar refractivity (Wildman–Crippen MR) is 98.6 cm³/mol. The smallest absolute Gasteiger partial charge is 0.249 e. The maximum Gasteiger partial charge on any atom is 0.249 e. The van der Waals surface area contributed by atoms with Crippen molar-refractivity contribution < 1.29 is 9.53 Å². The molecule has 24 heavy (non-hydrogen) atoms. The Kier molecular flexibility index (Phi) is 6.66. The minimum absolute atomic E-state index is 0. The van der Waals surface area contributed by atoms with Crippen molar-refractivity contribution >= 4 is 29.2 Å². The largest absolute Gasteiger partial charge is 0.364 e. The second-order valence-electron chi connectivity index (χ2n) is 6.11. The topological polar surface area (TPSA) is 80.1 Å². The highest BCUT2D eigenvalue weighted by atomic mass is 35.5. The van der Waals surface area contributed by atoms with Crippen molar-refractivity contribution in [3.8, 4) is 0 Å². The van der Waals surface area contributed by atoms with E-state index in [-0.39, 0.29) is 30.5 Å². The molecule has 1 saturated heterocycles. The summed E-state index contributed by atoms with van der Waals surface area (Å²) < 4.78 is 5.62. The zero-order chi connectivity index (χ0) is 16.2. The predicted octanol–water partition coefficient (Wildman–Crippen LogP) is 2.32. The average molecular weight is 352 g/mol. The number of nitrogens with one attached hydrogen (secondary N) is 2. The fourth-order valence-electron chi connectivity index (χ4n) is 3.28. The maximum atomic E-state index is 12.1. The van der Waals surface area contributed by atoms with Gasteiger partial charge >= 0.3 is 0 Å². The molecule has 4 N–H and O–H groups in total. The number of carbonyl (C=O) groups is 1. The van der Waals surface area contributed by atoms with Gasteiger partial charge in [0.15, 0.2) is 0 Å². The molecule has 1 aromatic carbocycles. The van der Waals surface area contributed by atoms with E-state index in [4.69, 9.17) is 10.5 Å². The fourth-order valence-corrected chi connectivity index (χ4v) is 3.28. The van der Waals surface area contributed by atoms with Crippen molar-refractivity contribution in [2.24, 2.45) is 5.73 Å². The first-order valence-electron chi connectivity index (χ1n) is 8.44. The van der Waals surface area contributed by atoms with Crippen molar-refractivity contribution in [3.05, 3.63) is 35.5 Å². The van der Waals surface area contributed by atoms with Gasteiger partial charge in [-0.25, -0.2) is 0 Å². The highest BCUT2D eigenvalue weighted by Gasteiger charge is 2.29. The quantitative estimate of drug-likeness (QED) is 0.747. The van der Waals surface area contributed by atoms with Gasteiger partial charge in [-0.1, -0.05) is 25.1 Å². The van der Waals surface area contributed by atoms with Gasteiger partial charge in [0.1, 0.15) is 6.10 Å². The molecule has 0 bridgehead atoms. The van der Waals surface area contributed by atoms with E-state index < -0.39 is 0 Å². The van der Waals surface area contributed by atoms with Crippen molar-refractivity contribution in [1.29, 1.82) is 0 Å². The molecular formula is C18H26ClN3O2. The average Bonchev–Trinajstić information content (AvgIpc) is 3.21. The van der Waals surface area contributed by atoms with Crippen LogP contribution in [0.1, 0.15) is 30.9 Å². The number of rotatable bonds is 6. The van der Waals surface area contributed by atoms with E-state index in [2.05, 4.69) is 35.4 Å². The van der Waals surface area contributed by atoms with E-state index >= 15 is 0 Å². The Hall–Kier alpha value is -1.56. The molecule has 1 aliphatic rings. The number of nitrogens with two attached hydrogens (primary N) is 1. The molecule has 6 heteroatoms. The Bertz CT molecular complexity index is 686. The maximum absolute atomic E-state index is 12.1. The number of hydrogen-bond acceptors (Lipinski definition) is 3. The van der Waals surface area contributed by atoms with Crippen molar-refractivity contribution in [2.45, 2.75) is 44.8 Å². The zero-order valence-electron chi connectivity index (χ0n) is 14.0. The fraction of sp³-hybridized carbons (Fsp3) is 0.500. The van der Waals surface area contributed by atoms with Gasteiger partial charge in [0, 0.05) is 30.2 Å². The summed E-state index contributed by atoms with van der Waals surface area (Å²) >= 11 is 0. The summed E-state index contributed by atoms with van der Waals surface area (Å²) in [6.07, 6.45) is 5.20. The lowest BCUT2D eigenvalue weighted by Crippen LogP contribution is -2.36. The molecule has 1 amide bonds. The molecule has 1 aliphatic heterocycles. The van der Waals surface area contributed by atoms with Crippen LogP contribution >= 0.6 is 12.4 Å². The molecule has 3 rings (SSSR count). The van der Waals surface area contributed by atoms with Crippen LogP contribution in [0.5, 0.6) is 0 Å². The summed E-state index contributed by atoms with van der Waals surface area (Å²) in [5, 5.41) is 4.23. The van der Waals surface area contributed by atoms with Gasteiger partial charge in [-0.05, 0) is 36.8 Å². The number of aromatic amines is 1. The molecule has 2 aromatic rings. The minimum atomic E-state index is -0.335. The van der Waals surface area contributed by atoms with E-state index in [1.165, 1.54) is 22.0 Å². The van der Waals surface area contributed by atoms with Crippen molar-refractivity contribution in [2.75, 3.05) is 13.1 Å². The van der Waals surface area contributed by atoms with Crippen LogP contribution in [0.4, 0.5) is 0 Å². The van der Waals surface area contributed by atoms with Crippen LogP contribution in [-0.4, -0.2) is 36.2 Å². The highest BCUT2D eigenvalue weighted by Crippen LogP contribution is 2.22. The summed E-state index contributed by atoms with van der Waals surface area (Å²) in [5.74, 6) is -0.0185. The van der Waals surface area contributed by atoms with Crippen molar-refractivity contribution in [1.82, 2.24) is 10.3 Å². The summed E-state index contributed by atoms with van der Waals surface area (Å²) in [4.78, 5) is 15.5. The van der Waals surface area contributed by atoms with Crippen LogP contribution in [0.2, 0.25) is 0 Å². The van der Waals surface area contributed by atoms with Crippen LogP contribution in [0.15, 0.2) is 24.4 Å². The summed E-state index contributed by atoms with van der Waals surface area (Å²) in [5.41, 5.74) is 9.35. The number of amides is 1. The van der Waals surface area contributed by atoms with E-state index in [1.54, 1.807) is 0 Å². The molecule has 132 valence electrons. The van der Waals surface area contributed by atoms with Crippen LogP contribution in [-0.2, 0) is 22.4 Å². The molecule has 1 fully saturated rings. The Balaban J connectivity index is 0.00000208. The molecule has 2 heterocycles. The number of aryl methyl sites for hydroxylation is 1. The summed E-state index contributed by atoms with van der Waals surface area (Å²) in [6.45, 7) is 3.26. The zero-order valence-corrected chi connectivity index (χ0v) is 14.8. The van der Waals surface area contributed by atoms with Gasteiger partial charge in [0.05, 0.1) is 6.10 Å². The van der Waals surface area contributed by atoms with Crippen LogP contribution in [0.3, 0.4) is 0 Å². The van der Waals surface area contributed by atoms with Gasteiger partial charge in [-0.3, -0.25) is 4.79 Å². The number of ether oxygens (including phenoxy) is 1. The number of hydrogen-bond donors (Lipinski definition) is 3. The number of carbonyl (C=O) groups excluding carboxylic acids is 1. The molecule has 5 nitrogen and oxygen atoms in total. The number of fused-ring (bicyclic) bond motifs is 1. The van der Waals surface area contributed by atoms with Crippen LogP contribution < -0.4 is 11.1 Å². The first-order valence-corrected chi connectivity index (χ1v) is 8.44. The van der Waals surface area contributed by atoms with Gasteiger partial charge in [0.25, 0.3) is 0 Å². The first-order chi connectivity index (χ1) is 11.2. The highest BCUT2D eigenvalue weighted by molar-refractivity contribution is 5.86. The minimum Gasteiger partial charge on any atom is -0.364 e. The lowest BCUT2D eigenvalue weighted by Gasteiger charge is -2.12. The molecule has 2 atom stereocenters. The normalized spacial score (nSPS) is 20.1. The second-order valence-corrected chi connectivity index (χ2v) is 6.11. The van der Waals surface area contributed by atoms with E-state index in [0.717, 1.165) is 25.7 Å². The van der Waals surface area contributed by atoms with Crippen LogP contribution in [0.25, 0.3) is 10.9 Å².